The van der Waals surface area contributed by atoms with Crippen molar-refractivity contribution in [2.75, 3.05) is 6.61 Å². The summed E-state index contributed by atoms with van der Waals surface area (Å²) in [6.07, 6.45) is -3.69. The molecule has 0 saturated heterocycles. The molecular weight excluding hydrogens is 231 g/mol. The Bertz CT molecular complexity index is 392. The molecule has 0 radical (unpaired) electrons. The van der Waals surface area contributed by atoms with Crippen molar-refractivity contribution in [3.05, 3.63) is 29.8 Å². The fourth-order valence-electron chi connectivity index (χ4n) is 1.21. The number of aryl methyl sites for hydroxylation is 1. The zero-order chi connectivity index (χ0) is 12.9. The third-order valence-corrected chi connectivity index (χ3v) is 2.30. The third-order valence-electron chi connectivity index (χ3n) is 2.30. The number of nitrogens with zero attached hydrogens (tertiary/aromatic N) is 1. The summed E-state index contributed by atoms with van der Waals surface area (Å²) in [6.45, 7) is 1.30. The Balaban J connectivity index is 2.58. The Hall–Kier alpha value is -1.70. The maximum atomic E-state index is 12.2. The van der Waals surface area contributed by atoms with E-state index >= 15 is 0 Å². The van der Waals surface area contributed by atoms with Crippen LogP contribution in [0.15, 0.2) is 24.3 Å². The Morgan fingerprint density at radius 1 is 1.29 bits per heavy atom. The van der Waals surface area contributed by atoms with Crippen LogP contribution in [-0.2, 0) is 6.42 Å². The van der Waals surface area contributed by atoms with Gasteiger partial charge in [0.25, 0.3) is 0 Å². The lowest BCUT2D eigenvalue weighted by atomic mass is 10.1. The van der Waals surface area contributed by atoms with Crippen molar-refractivity contribution in [2.45, 2.75) is 19.5 Å². The molecule has 1 unspecified atom stereocenters. The molecular formula is C12H12F3NO. The summed E-state index contributed by atoms with van der Waals surface area (Å²) in [5.41, 5.74) is 1.07. The SMILES string of the molecule is CCc1ccc(OCC(C#N)C(F)(F)F)cc1. The first-order valence-electron chi connectivity index (χ1n) is 5.15. The Morgan fingerprint density at radius 2 is 1.88 bits per heavy atom. The van der Waals surface area contributed by atoms with Gasteiger partial charge in [-0.3, -0.25) is 0 Å². The van der Waals surface area contributed by atoms with E-state index in [1.54, 1.807) is 24.3 Å². The first-order chi connectivity index (χ1) is 7.97. The number of halogens is 3. The molecule has 0 aliphatic heterocycles. The summed E-state index contributed by atoms with van der Waals surface area (Å²) in [5, 5.41) is 8.37. The second-order valence-electron chi connectivity index (χ2n) is 3.53. The summed E-state index contributed by atoms with van der Waals surface area (Å²) < 4.78 is 41.7. The predicted molar refractivity (Wildman–Crippen MR) is 56.5 cm³/mol. The highest BCUT2D eigenvalue weighted by Crippen LogP contribution is 2.26. The van der Waals surface area contributed by atoms with Crippen LogP contribution >= 0.6 is 0 Å². The average molecular weight is 243 g/mol. The van der Waals surface area contributed by atoms with E-state index in [0.717, 1.165) is 12.0 Å². The first-order valence-corrected chi connectivity index (χ1v) is 5.15. The number of benzene rings is 1. The Kier molecular flexibility index (Phi) is 4.38. The standard InChI is InChI=1S/C12H12F3NO/c1-2-9-3-5-11(6-4-9)17-8-10(7-16)12(13,14)15/h3-6,10H,2,8H2,1H3. The maximum Gasteiger partial charge on any atom is 0.407 e. The van der Waals surface area contributed by atoms with Crippen LogP contribution in [0.1, 0.15) is 12.5 Å². The lowest BCUT2D eigenvalue weighted by molar-refractivity contribution is -0.165. The third kappa shape index (κ3) is 3.99. The topological polar surface area (TPSA) is 33.0 Å². The molecule has 0 amide bonds. The van der Waals surface area contributed by atoms with Crippen molar-refractivity contribution >= 4 is 0 Å². The van der Waals surface area contributed by atoms with E-state index in [9.17, 15) is 13.2 Å². The number of ether oxygens (including phenoxy) is 1. The molecule has 0 aromatic heterocycles. The fourth-order valence-corrected chi connectivity index (χ4v) is 1.21. The van der Waals surface area contributed by atoms with Gasteiger partial charge >= 0.3 is 6.18 Å². The number of rotatable bonds is 4. The van der Waals surface area contributed by atoms with E-state index in [2.05, 4.69) is 0 Å². The lowest BCUT2D eigenvalue weighted by Crippen LogP contribution is -2.27. The van der Waals surface area contributed by atoms with E-state index in [1.165, 1.54) is 6.07 Å². The monoisotopic (exact) mass is 243 g/mol. The van der Waals surface area contributed by atoms with E-state index in [4.69, 9.17) is 10.00 Å². The molecule has 0 aliphatic rings. The van der Waals surface area contributed by atoms with E-state index < -0.39 is 18.7 Å². The fraction of sp³-hybridized carbons (Fsp3) is 0.417. The number of hydrogen-bond donors (Lipinski definition) is 0. The first kappa shape index (κ1) is 13.4. The van der Waals surface area contributed by atoms with Crippen LogP contribution in [-0.4, -0.2) is 12.8 Å². The van der Waals surface area contributed by atoms with E-state index in [-0.39, 0.29) is 0 Å². The molecule has 0 aliphatic carbocycles. The van der Waals surface area contributed by atoms with Gasteiger partial charge in [-0.15, -0.1) is 0 Å². The van der Waals surface area contributed by atoms with Crippen LogP contribution in [0, 0.1) is 17.2 Å². The molecule has 5 heteroatoms. The average Bonchev–Trinajstić information content (AvgIpc) is 2.29. The lowest BCUT2D eigenvalue weighted by Gasteiger charge is -2.14. The van der Waals surface area contributed by atoms with Crippen LogP contribution in [0.5, 0.6) is 5.75 Å². The highest BCUT2D eigenvalue weighted by Gasteiger charge is 2.40. The van der Waals surface area contributed by atoms with Gasteiger partial charge in [-0.1, -0.05) is 19.1 Å². The zero-order valence-corrected chi connectivity index (χ0v) is 9.29. The Labute approximate surface area is 97.6 Å². The number of hydrogen-bond acceptors (Lipinski definition) is 2. The quantitative estimate of drug-likeness (QED) is 0.812. The van der Waals surface area contributed by atoms with Crippen LogP contribution in [0.3, 0.4) is 0 Å². The summed E-state index contributed by atoms with van der Waals surface area (Å²) in [7, 11) is 0. The van der Waals surface area contributed by atoms with Crippen LogP contribution < -0.4 is 4.74 Å². The van der Waals surface area contributed by atoms with Crippen LogP contribution in [0.25, 0.3) is 0 Å². The van der Waals surface area contributed by atoms with E-state index in [0.29, 0.717) is 5.75 Å². The highest BCUT2D eigenvalue weighted by molar-refractivity contribution is 5.27. The highest BCUT2D eigenvalue weighted by atomic mass is 19.4. The van der Waals surface area contributed by atoms with Gasteiger partial charge in [0.15, 0.2) is 5.92 Å². The minimum atomic E-state index is -4.54. The van der Waals surface area contributed by atoms with Gasteiger partial charge in [-0.2, -0.15) is 18.4 Å². The summed E-state index contributed by atoms with van der Waals surface area (Å²) in [5.74, 6) is -1.75. The predicted octanol–water partition coefficient (Wildman–Crippen LogP) is 3.33. The molecule has 0 fully saturated rings. The minimum absolute atomic E-state index is 0.340. The second-order valence-corrected chi connectivity index (χ2v) is 3.53. The smallest absolute Gasteiger partial charge is 0.407 e. The maximum absolute atomic E-state index is 12.2. The van der Waals surface area contributed by atoms with Gasteiger partial charge in [0.1, 0.15) is 12.4 Å². The van der Waals surface area contributed by atoms with E-state index in [1.807, 2.05) is 6.92 Å². The normalized spacial score (nSPS) is 12.9. The van der Waals surface area contributed by atoms with Gasteiger partial charge < -0.3 is 4.74 Å². The molecule has 0 bridgehead atoms. The van der Waals surface area contributed by atoms with Gasteiger partial charge in [0.2, 0.25) is 0 Å². The molecule has 1 aromatic rings. The summed E-state index contributed by atoms with van der Waals surface area (Å²) in [4.78, 5) is 0. The van der Waals surface area contributed by atoms with Gasteiger partial charge in [0, 0.05) is 0 Å². The van der Waals surface area contributed by atoms with Crippen molar-refractivity contribution in [3.8, 4) is 11.8 Å². The van der Waals surface area contributed by atoms with Gasteiger partial charge in [-0.05, 0) is 24.1 Å². The minimum Gasteiger partial charge on any atom is -0.492 e. The molecule has 1 atom stereocenters. The van der Waals surface area contributed by atoms with Crippen molar-refractivity contribution < 1.29 is 17.9 Å². The molecule has 0 saturated carbocycles. The van der Waals surface area contributed by atoms with Crippen molar-refractivity contribution in [1.82, 2.24) is 0 Å². The van der Waals surface area contributed by atoms with Crippen LogP contribution in [0.4, 0.5) is 13.2 Å². The van der Waals surface area contributed by atoms with Gasteiger partial charge in [-0.25, -0.2) is 0 Å². The second kappa shape index (κ2) is 5.58. The molecule has 2 nitrogen and oxygen atoms in total. The summed E-state index contributed by atoms with van der Waals surface area (Å²) in [6, 6.07) is 7.95. The Morgan fingerprint density at radius 3 is 2.29 bits per heavy atom. The molecule has 1 aromatic carbocycles. The summed E-state index contributed by atoms with van der Waals surface area (Å²) >= 11 is 0. The zero-order valence-electron chi connectivity index (χ0n) is 9.29. The molecule has 0 N–H and O–H groups in total. The number of nitriles is 1. The number of alkyl halides is 3. The van der Waals surface area contributed by atoms with Crippen molar-refractivity contribution in [3.63, 3.8) is 0 Å². The molecule has 92 valence electrons. The molecule has 17 heavy (non-hydrogen) atoms. The van der Waals surface area contributed by atoms with Gasteiger partial charge in [0.05, 0.1) is 6.07 Å². The molecule has 1 rings (SSSR count). The largest absolute Gasteiger partial charge is 0.492 e. The van der Waals surface area contributed by atoms with Crippen LogP contribution in [0.2, 0.25) is 0 Å². The molecule has 0 spiro atoms. The van der Waals surface area contributed by atoms with Crippen molar-refractivity contribution in [2.24, 2.45) is 5.92 Å². The van der Waals surface area contributed by atoms with Crippen molar-refractivity contribution in [1.29, 1.82) is 5.26 Å². The molecule has 0 heterocycles.